The zero-order valence-corrected chi connectivity index (χ0v) is 9.93. The number of halogens is 1. The first-order valence-electron chi connectivity index (χ1n) is 4.84. The van der Waals surface area contributed by atoms with Gasteiger partial charge in [-0.25, -0.2) is 0 Å². The number of alkyl halides is 1. The number of likely N-dealkylation sites (N-methyl/N-ethyl adjacent to an activating group) is 1. The van der Waals surface area contributed by atoms with E-state index in [4.69, 9.17) is 11.6 Å². The summed E-state index contributed by atoms with van der Waals surface area (Å²) >= 11 is 5.43. The molecule has 0 atom stereocenters. The Labute approximate surface area is 95.1 Å². The molecule has 0 spiro atoms. The van der Waals surface area contributed by atoms with Gasteiger partial charge in [0.1, 0.15) is 0 Å². The zero-order chi connectivity index (χ0) is 11.7. The summed E-state index contributed by atoms with van der Waals surface area (Å²) in [6.45, 7) is 1.61. The van der Waals surface area contributed by atoms with Gasteiger partial charge in [-0.1, -0.05) is 0 Å². The number of hydrogen-bond acceptors (Lipinski definition) is 3. The van der Waals surface area contributed by atoms with E-state index in [9.17, 15) is 9.59 Å². The van der Waals surface area contributed by atoms with Crippen molar-refractivity contribution in [3.05, 3.63) is 0 Å². The van der Waals surface area contributed by atoms with Crippen LogP contribution in [0.2, 0.25) is 0 Å². The molecular formula is C9H18ClN3O2. The van der Waals surface area contributed by atoms with E-state index in [1.165, 1.54) is 0 Å². The molecule has 0 saturated heterocycles. The summed E-state index contributed by atoms with van der Waals surface area (Å²) in [7, 11) is 3.79. The average Bonchev–Trinajstić information content (AvgIpc) is 2.17. The number of hydrogen-bond donors (Lipinski definition) is 2. The summed E-state index contributed by atoms with van der Waals surface area (Å²) in [5.41, 5.74) is 0. The summed E-state index contributed by atoms with van der Waals surface area (Å²) in [5, 5.41) is 4.99. The van der Waals surface area contributed by atoms with Gasteiger partial charge < -0.3 is 15.5 Å². The van der Waals surface area contributed by atoms with Gasteiger partial charge >= 0.3 is 11.8 Å². The maximum atomic E-state index is 11.1. The third kappa shape index (κ3) is 8.20. The SMILES string of the molecule is CN(C)CCNC(=O)C(=O)NCCCCl. The Morgan fingerprint density at radius 3 is 2.13 bits per heavy atom. The highest BCUT2D eigenvalue weighted by Gasteiger charge is 2.11. The molecule has 0 aliphatic carbocycles. The molecule has 0 aromatic rings. The molecule has 0 fully saturated rings. The lowest BCUT2D eigenvalue weighted by Crippen LogP contribution is -2.42. The second-order valence-electron chi connectivity index (χ2n) is 3.36. The molecule has 5 nitrogen and oxygen atoms in total. The van der Waals surface area contributed by atoms with Crippen molar-refractivity contribution in [2.24, 2.45) is 0 Å². The van der Waals surface area contributed by atoms with Crippen molar-refractivity contribution in [2.45, 2.75) is 6.42 Å². The maximum absolute atomic E-state index is 11.1. The number of rotatable bonds is 6. The summed E-state index contributed by atoms with van der Waals surface area (Å²) in [4.78, 5) is 24.2. The maximum Gasteiger partial charge on any atom is 0.309 e. The standard InChI is InChI=1S/C9H18ClN3O2/c1-13(2)7-6-12-9(15)8(14)11-5-3-4-10/h3-7H2,1-2H3,(H,11,14)(H,12,15). The molecule has 0 saturated carbocycles. The van der Waals surface area contributed by atoms with Crippen LogP contribution in [0.15, 0.2) is 0 Å². The molecule has 2 N–H and O–H groups in total. The van der Waals surface area contributed by atoms with Crippen LogP contribution in [0.3, 0.4) is 0 Å². The molecule has 0 rings (SSSR count). The highest BCUT2D eigenvalue weighted by molar-refractivity contribution is 6.35. The number of carbonyl (C=O) groups excluding carboxylic acids is 2. The van der Waals surface area contributed by atoms with Gasteiger partial charge in [0.2, 0.25) is 0 Å². The molecule has 0 bridgehead atoms. The molecule has 0 aromatic carbocycles. The van der Waals surface area contributed by atoms with Gasteiger partial charge in [-0.05, 0) is 20.5 Å². The van der Waals surface area contributed by atoms with E-state index in [-0.39, 0.29) is 0 Å². The van der Waals surface area contributed by atoms with E-state index < -0.39 is 11.8 Å². The summed E-state index contributed by atoms with van der Waals surface area (Å²) in [6, 6.07) is 0. The number of nitrogens with one attached hydrogen (secondary N) is 2. The van der Waals surface area contributed by atoms with Crippen molar-refractivity contribution in [1.29, 1.82) is 0 Å². The van der Waals surface area contributed by atoms with Gasteiger partial charge in [0, 0.05) is 25.5 Å². The summed E-state index contributed by atoms with van der Waals surface area (Å²) < 4.78 is 0. The number of amides is 2. The average molecular weight is 236 g/mol. The van der Waals surface area contributed by atoms with E-state index in [0.717, 1.165) is 0 Å². The van der Waals surface area contributed by atoms with Crippen molar-refractivity contribution in [1.82, 2.24) is 15.5 Å². The van der Waals surface area contributed by atoms with Crippen molar-refractivity contribution >= 4 is 23.4 Å². The van der Waals surface area contributed by atoms with E-state index in [2.05, 4.69) is 10.6 Å². The lowest BCUT2D eigenvalue weighted by molar-refractivity contribution is -0.139. The number of carbonyl (C=O) groups is 2. The van der Waals surface area contributed by atoms with Crippen LogP contribution in [0.4, 0.5) is 0 Å². The third-order valence-electron chi connectivity index (χ3n) is 1.65. The first-order chi connectivity index (χ1) is 7.07. The monoisotopic (exact) mass is 235 g/mol. The molecule has 0 heterocycles. The lowest BCUT2D eigenvalue weighted by Gasteiger charge is -2.10. The Bertz CT molecular complexity index is 210. The van der Waals surface area contributed by atoms with Crippen LogP contribution in [0.25, 0.3) is 0 Å². The first-order valence-corrected chi connectivity index (χ1v) is 5.38. The molecule has 2 amide bonds. The fourth-order valence-electron chi connectivity index (χ4n) is 0.822. The van der Waals surface area contributed by atoms with Crippen LogP contribution < -0.4 is 10.6 Å². The smallest absolute Gasteiger partial charge is 0.309 e. The van der Waals surface area contributed by atoms with Crippen LogP contribution in [0, 0.1) is 0 Å². The highest BCUT2D eigenvalue weighted by Crippen LogP contribution is 1.81. The first kappa shape index (κ1) is 14.2. The van der Waals surface area contributed by atoms with Crippen LogP contribution in [0.1, 0.15) is 6.42 Å². The second-order valence-corrected chi connectivity index (χ2v) is 3.74. The summed E-state index contributed by atoms with van der Waals surface area (Å²) in [5.74, 6) is -0.715. The van der Waals surface area contributed by atoms with Crippen molar-refractivity contribution in [3.8, 4) is 0 Å². The summed E-state index contributed by atoms with van der Waals surface area (Å²) in [6.07, 6.45) is 0.665. The Morgan fingerprint density at radius 2 is 1.67 bits per heavy atom. The van der Waals surface area contributed by atoms with E-state index in [1.807, 2.05) is 19.0 Å². The van der Waals surface area contributed by atoms with E-state index in [0.29, 0.717) is 31.9 Å². The van der Waals surface area contributed by atoms with Gasteiger partial charge in [0.15, 0.2) is 0 Å². The minimum Gasteiger partial charge on any atom is -0.348 e. The van der Waals surface area contributed by atoms with Gasteiger partial charge in [-0.2, -0.15) is 0 Å². The van der Waals surface area contributed by atoms with Gasteiger partial charge in [0.05, 0.1) is 0 Å². The Morgan fingerprint density at radius 1 is 1.13 bits per heavy atom. The molecule has 15 heavy (non-hydrogen) atoms. The largest absolute Gasteiger partial charge is 0.348 e. The Balaban J connectivity index is 3.56. The predicted octanol–water partition coefficient (Wildman–Crippen LogP) is -0.591. The predicted molar refractivity (Wildman–Crippen MR) is 59.9 cm³/mol. The molecule has 0 aliphatic rings. The van der Waals surface area contributed by atoms with Gasteiger partial charge in [-0.15, -0.1) is 11.6 Å². The Hall–Kier alpha value is -0.810. The molecular weight excluding hydrogens is 218 g/mol. The van der Waals surface area contributed by atoms with E-state index >= 15 is 0 Å². The fourth-order valence-corrected chi connectivity index (χ4v) is 0.956. The Kier molecular flexibility index (Phi) is 8.04. The third-order valence-corrected chi connectivity index (χ3v) is 1.91. The van der Waals surface area contributed by atoms with Crippen LogP contribution in [-0.2, 0) is 9.59 Å². The lowest BCUT2D eigenvalue weighted by atomic mass is 10.4. The fraction of sp³-hybridized carbons (Fsp3) is 0.778. The topological polar surface area (TPSA) is 61.4 Å². The van der Waals surface area contributed by atoms with E-state index in [1.54, 1.807) is 0 Å². The highest BCUT2D eigenvalue weighted by atomic mass is 35.5. The molecule has 0 aliphatic heterocycles. The van der Waals surface area contributed by atoms with Gasteiger partial charge in [0.25, 0.3) is 0 Å². The van der Waals surface area contributed by atoms with Crippen LogP contribution in [0.5, 0.6) is 0 Å². The normalized spacial score (nSPS) is 10.1. The molecule has 0 unspecified atom stereocenters. The second kappa shape index (κ2) is 8.49. The van der Waals surface area contributed by atoms with Crippen LogP contribution in [-0.4, -0.2) is 56.3 Å². The van der Waals surface area contributed by atoms with Crippen molar-refractivity contribution < 1.29 is 9.59 Å². The van der Waals surface area contributed by atoms with Crippen molar-refractivity contribution in [2.75, 3.05) is 39.6 Å². The quantitative estimate of drug-likeness (QED) is 0.368. The molecule has 88 valence electrons. The van der Waals surface area contributed by atoms with Crippen molar-refractivity contribution in [3.63, 3.8) is 0 Å². The zero-order valence-electron chi connectivity index (χ0n) is 9.18. The molecule has 0 aromatic heterocycles. The molecule has 6 heteroatoms. The molecule has 0 radical (unpaired) electrons. The minimum absolute atomic E-state index is 0.434. The minimum atomic E-state index is -0.598. The van der Waals surface area contributed by atoms with Gasteiger partial charge in [-0.3, -0.25) is 9.59 Å². The number of nitrogens with zero attached hydrogens (tertiary/aromatic N) is 1. The van der Waals surface area contributed by atoms with Crippen LogP contribution >= 0.6 is 11.6 Å².